The monoisotopic (exact) mass is 394 g/mol. The van der Waals surface area contributed by atoms with Gasteiger partial charge in [0, 0.05) is 25.1 Å². The Morgan fingerprint density at radius 2 is 2.07 bits per heavy atom. The lowest BCUT2D eigenvalue weighted by molar-refractivity contribution is 0.0938. The summed E-state index contributed by atoms with van der Waals surface area (Å²) in [5.41, 5.74) is 0.408. The van der Waals surface area contributed by atoms with Crippen LogP contribution < -0.4 is 10.6 Å². The van der Waals surface area contributed by atoms with Gasteiger partial charge in [0.25, 0.3) is 5.91 Å². The fourth-order valence-corrected chi connectivity index (χ4v) is 2.99. The zero-order valence-corrected chi connectivity index (χ0v) is 16.3. The van der Waals surface area contributed by atoms with Gasteiger partial charge >= 0.3 is 6.03 Å². The number of thiazole rings is 1. The zero-order valence-electron chi connectivity index (χ0n) is 15.5. The van der Waals surface area contributed by atoms with Crippen LogP contribution in [0.15, 0.2) is 29.6 Å². The number of ether oxygens (including phenoxy) is 1. The minimum atomic E-state index is -0.514. The number of anilines is 1. The normalized spacial score (nSPS) is 10.7. The van der Waals surface area contributed by atoms with Crippen LogP contribution in [-0.4, -0.2) is 48.1 Å². The molecule has 27 heavy (non-hydrogen) atoms. The number of rotatable bonds is 8. The lowest BCUT2D eigenvalue weighted by Crippen LogP contribution is -2.37. The molecule has 1 heterocycles. The van der Waals surface area contributed by atoms with Gasteiger partial charge in [0.05, 0.1) is 18.8 Å². The molecule has 0 aliphatic carbocycles. The first-order valence-electron chi connectivity index (χ1n) is 8.45. The number of urea groups is 1. The van der Waals surface area contributed by atoms with E-state index in [1.807, 2.05) is 13.8 Å². The van der Waals surface area contributed by atoms with Gasteiger partial charge in [-0.25, -0.2) is 14.2 Å². The number of carbonyl (C=O) groups excluding carboxylic acids is 2. The standard InChI is InChI=1S/C18H23FN4O3S/c1-12(2)20-17(24)15-11-27-16(21-15)10-23(8-9-26-3)18(25)22-14-7-5-4-6-13(14)19/h4-7,11-12H,8-10H2,1-3H3,(H,20,24)(H,22,25). The van der Waals surface area contributed by atoms with Gasteiger partial charge < -0.3 is 20.3 Å². The molecule has 1 aromatic heterocycles. The Morgan fingerprint density at radius 3 is 2.74 bits per heavy atom. The third kappa shape index (κ3) is 6.30. The van der Waals surface area contributed by atoms with Crippen LogP contribution in [0, 0.1) is 5.82 Å². The molecule has 3 amide bonds. The van der Waals surface area contributed by atoms with Gasteiger partial charge in [0.15, 0.2) is 0 Å². The van der Waals surface area contributed by atoms with Crippen molar-refractivity contribution in [3.8, 4) is 0 Å². The van der Waals surface area contributed by atoms with Crippen LogP contribution in [0.25, 0.3) is 0 Å². The number of benzene rings is 1. The second kappa shape index (κ2) is 9.98. The van der Waals surface area contributed by atoms with Gasteiger partial charge in [0.2, 0.25) is 0 Å². The number of carbonyl (C=O) groups is 2. The smallest absolute Gasteiger partial charge is 0.322 e. The molecule has 1 aromatic carbocycles. The van der Waals surface area contributed by atoms with Crippen molar-refractivity contribution >= 4 is 29.0 Å². The van der Waals surface area contributed by atoms with Crippen molar-refractivity contribution in [3.05, 3.63) is 46.2 Å². The summed E-state index contributed by atoms with van der Waals surface area (Å²) >= 11 is 1.29. The first kappa shape index (κ1) is 20.8. The number of halogens is 1. The quantitative estimate of drug-likeness (QED) is 0.721. The number of nitrogens with one attached hydrogen (secondary N) is 2. The fraction of sp³-hybridized carbons (Fsp3) is 0.389. The topological polar surface area (TPSA) is 83.6 Å². The molecule has 9 heteroatoms. The lowest BCUT2D eigenvalue weighted by Gasteiger charge is -2.22. The van der Waals surface area contributed by atoms with E-state index in [9.17, 15) is 14.0 Å². The third-order valence-corrected chi connectivity index (χ3v) is 4.33. The molecule has 0 atom stereocenters. The summed E-state index contributed by atoms with van der Waals surface area (Å²) in [6, 6.07) is 5.48. The molecule has 0 radical (unpaired) electrons. The Balaban J connectivity index is 2.07. The van der Waals surface area contributed by atoms with E-state index in [0.717, 1.165) is 0 Å². The Labute approximate surface area is 161 Å². The van der Waals surface area contributed by atoms with Crippen LogP contribution in [0.2, 0.25) is 0 Å². The van der Waals surface area contributed by atoms with Crippen LogP contribution in [0.4, 0.5) is 14.9 Å². The van der Waals surface area contributed by atoms with Gasteiger partial charge in [-0.2, -0.15) is 0 Å². The van der Waals surface area contributed by atoms with Crippen molar-refractivity contribution in [1.82, 2.24) is 15.2 Å². The van der Waals surface area contributed by atoms with Gasteiger partial charge in [-0.15, -0.1) is 11.3 Å². The maximum atomic E-state index is 13.8. The lowest BCUT2D eigenvalue weighted by atomic mass is 10.3. The molecular formula is C18H23FN4O3S. The molecule has 2 aromatic rings. The van der Waals surface area contributed by atoms with Crippen molar-refractivity contribution in [2.75, 3.05) is 25.6 Å². The van der Waals surface area contributed by atoms with Crippen molar-refractivity contribution < 1.29 is 18.7 Å². The summed E-state index contributed by atoms with van der Waals surface area (Å²) in [5.74, 6) is -0.772. The zero-order chi connectivity index (χ0) is 19.8. The summed E-state index contributed by atoms with van der Waals surface area (Å²) in [5, 5.41) is 7.57. The van der Waals surface area contributed by atoms with E-state index in [0.29, 0.717) is 23.9 Å². The van der Waals surface area contributed by atoms with E-state index in [4.69, 9.17) is 4.74 Å². The molecule has 0 bridgehead atoms. The maximum absolute atomic E-state index is 13.8. The van der Waals surface area contributed by atoms with Crippen LogP contribution >= 0.6 is 11.3 Å². The van der Waals surface area contributed by atoms with Gasteiger partial charge in [0.1, 0.15) is 16.5 Å². The van der Waals surface area contributed by atoms with Crippen LogP contribution in [0.5, 0.6) is 0 Å². The molecule has 146 valence electrons. The Morgan fingerprint density at radius 1 is 1.33 bits per heavy atom. The van der Waals surface area contributed by atoms with Crippen molar-refractivity contribution in [3.63, 3.8) is 0 Å². The first-order valence-corrected chi connectivity index (χ1v) is 9.33. The summed E-state index contributed by atoms with van der Waals surface area (Å²) in [6.07, 6.45) is 0. The number of hydrogen-bond donors (Lipinski definition) is 2. The second-order valence-corrected chi connectivity index (χ2v) is 7.02. The van der Waals surface area contributed by atoms with E-state index in [2.05, 4.69) is 15.6 Å². The molecule has 0 fully saturated rings. The van der Waals surface area contributed by atoms with Gasteiger partial charge in [-0.05, 0) is 26.0 Å². The molecular weight excluding hydrogens is 371 g/mol. The molecule has 0 saturated heterocycles. The highest BCUT2D eigenvalue weighted by Gasteiger charge is 2.18. The van der Waals surface area contributed by atoms with Crippen LogP contribution in [0.1, 0.15) is 29.3 Å². The number of nitrogens with zero attached hydrogens (tertiary/aromatic N) is 2. The van der Waals surface area contributed by atoms with Crippen molar-refractivity contribution in [2.45, 2.75) is 26.4 Å². The van der Waals surface area contributed by atoms with Gasteiger partial charge in [-0.3, -0.25) is 4.79 Å². The predicted octanol–water partition coefficient (Wildman–Crippen LogP) is 3.10. The summed E-state index contributed by atoms with van der Waals surface area (Å²) in [6.45, 7) is 4.53. The molecule has 0 unspecified atom stereocenters. The minimum absolute atomic E-state index is 0.00685. The number of para-hydroxylation sites is 1. The van der Waals surface area contributed by atoms with Crippen molar-refractivity contribution in [2.24, 2.45) is 0 Å². The summed E-state index contributed by atoms with van der Waals surface area (Å²) < 4.78 is 18.8. The highest BCUT2D eigenvalue weighted by atomic mass is 32.1. The highest BCUT2D eigenvalue weighted by Crippen LogP contribution is 2.16. The molecule has 0 aliphatic rings. The average molecular weight is 394 g/mol. The molecule has 2 N–H and O–H groups in total. The largest absolute Gasteiger partial charge is 0.383 e. The average Bonchev–Trinajstić information content (AvgIpc) is 3.08. The SMILES string of the molecule is COCCN(Cc1nc(C(=O)NC(C)C)cs1)C(=O)Nc1ccccc1F. The number of amides is 3. The Hall–Kier alpha value is -2.52. The molecule has 0 spiro atoms. The minimum Gasteiger partial charge on any atom is -0.383 e. The van der Waals surface area contributed by atoms with E-state index in [-0.39, 0.29) is 24.2 Å². The fourth-order valence-electron chi connectivity index (χ4n) is 2.20. The van der Waals surface area contributed by atoms with E-state index in [1.54, 1.807) is 17.5 Å². The third-order valence-electron chi connectivity index (χ3n) is 3.50. The summed E-state index contributed by atoms with van der Waals surface area (Å²) in [4.78, 5) is 30.3. The number of hydrogen-bond acceptors (Lipinski definition) is 5. The maximum Gasteiger partial charge on any atom is 0.322 e. The predicted molar refractivity (Wildman–Crippen MR) is 102 cm³/mol. The van der Waals surface area contributed by atoms with E-state index in [1.165, 1.54) is 35.5 Å². The Bertz CT molecular complexity index is 781. The van der Waals surface area contributed by atoms with Crippen LogP contribution in [-0.2, 0) is 11.3 Å². The van der Waals surface area contributed by atoms with Crippen molar-refractivity contribution in [1.29, 1.82) is 0 Å². The highest BCUT2D eigenvalue weighted by molar-refractivity contribution is 7.09. The second-order valence-electron chi connectivity index (χ2n) is 6.08. The Kier molecular flexibility index (Phi) is 7.68. The summed E-state index contributed by atoms with van der Waals surface area (Å²) in [7, 11) is 1.53. The van der Waals surface area contributed by atoms with E-state index >= 15 is 0 Å². The number of methoxy groups -OCH3 is 1. The number of aromatic nitrogens is 1. The molecule has 7 nitrogen and oxygen atoms in total. The molecule has 0 aliphatic heterocycles. The van der Waals surface area contributed by atoms with Gasteiger partial charge in [-0.1, -0.05) is 12.1 Å². The van der Waals surface area contributed by atoms with E-state index < -0.39 is 11.8 Å². The van der Waals surface area contributed by atoms with Crippen LogP contribution in [0.3, 0.4) is 0 Å². The first-order chi connectivity index (χ1) is 12.9. The molecule has 0 saturated carbocycles. The molecule has 2 rings (SSSR count).